The summed E-state index contributed by atoms with van der Waals surface area (Å²) in [6, 6.07) is 0. The number of carbonyl (C=O) groups excluding carboxylic acids is 5. The predicted octanol–water partition coefficient (Wildman–Crippen LogP) is 9.64. The standard InChI is InChI=1S/C52H64O8/c1-3-49(26-32-21-41(49)38-9-5-7-36(32)38)51(24-29-12-15-34(51)18-29)47(56)59-44(53)23-43(58-45(54)40-20-28-11-14-31(40)17-28)46(55)60-48(57)52(25-30-13-16-35(52)19-30)50(4-2)27-33-22-42(50)39-10-6-8-37(33)39/h11-16,23,28-42H,3-10,17-22,24-27H2,1-2H3/b43-23-. The molecule has 0 saturated heterocycles. The first kappa shape index (κ1) is 38.4. The van der Waals surface area contributed by atoms with E-state index in [-0.39, 0.29) is 46.3 Å². The van der Waals surface area contributed by atoms with E-state index in [2.05, 4.69) is 44.2 Å². The van der Waals surface area contributed by atoms with Gasteiger partial charge in [0, 0.05) is 0 Å². The predicted molar refractivity (Wildman–Crippen MR) is 220 cm³/mol. The molecular formula is C52H64O8. The van der Waals surface area contributed by atoms with E-state index >= 15 is 4.79 Å². The maximum atomic E-state index is 15.1. The number of allylic oxidation sites excluding steroid dienone is 6. The smallest absolute Gasteiger partial charge is 0.382 e. The van der Waals surface area contributed by atoms with Crippen LogP contribution in [0.15, 0.2) is 48.3 Å². The summed E-state index contributed by atoms with van der Waals surface area (Å²) in [5.41, 5.74) is -2.21. The van der Waals surface area contributed by atoms with Crippen molar-refractivity contribution in [2.75, 3.05) is 0 Å². The molecule has 0 aromatic rings. The van der Waals surface area contributed by atoms with Crippen LogP contribution in [-0.2, 0) is 38.2 Å². The molecule has 0 aromatic carbocycles. The van der Waals surface area contributed by atoms with Crippen LogP contribution in [0.3, 0.4) is 0 Å². The highest BCUT2D eigenvalue weighted by Crippen LogP contribution is 2.78. The molecule has 8 nitrogen and oxygen atoms in total. The van der Waals surface area contributed by atoms with Crippen molar-refractivity contribution in [2.45, 2.75) is 129 Å². The summed E-state index contributed by atoms with van der Waals surface area (Å²) in [7, 11) is 0. The van der Waals surface area contributed by atoms with Crippen molar-refractivity contribution in [2.24, 2.45) is 110 Å². The Kier molecular flexibility index (Phi) is 8.55. The van der Waals surface area contributed by atoms with Crippen LogP contribution in [0.5, 0.6) is 0 Å². The van der Waals surface area contributed by atoms with Gasteiger partial charge in [0.2, 0.25) is 5.76 Å². The van der Waals surface area contributed by atoms with Crippen molar-refractivity contribution in [3.8, 4) is 0 Å². The normalized spacial score (nSPS) is 51.2. The van der Waals surface area contributed by atoms with E-state index < -0.39 is 52.4 Å². The quantitative estimate of drug-likeness (QED) is 0.0535. The molecule has 0 heterocycles. The molecule has 9 fully saturated rings. The van der Waals surface area contributed by atoms with Crippen LogP contribution in [0.25, 0.3) is 0 Å². The van der Waals surface area contributed by atoms with Crippen LogP contribution >= 0.6 is 0 Å². The summed E-state index contributed by atoms with van der Waals surface area (Å²) in [6.45, 7) is 4.46. The number of carbonyl (C=O) groups is 5. The molecule has 0 N–H and O–H groups in total. The number of hydrogen-bond acceptors (Lipinski definition) is 8. The van der Waals surface area contributed by atoms with Gasteiger partial charge in [0.15, 0.2) is 0 Å². The van der Waals surface area contributed by atoms with Gasteiger partial charge in [0.25, 0.3) is 0 Å². The minimum absolute atomic E-state index is 0.0000973. The van der Waals surface area contributed by atoms with E-state index in [1.54, 1.807) is 0 Å². The summed E-state index contributed by atoms with van der Waals surface area (Å²) in [5.74, 6) is 0.649. The number of esters is 5. The third kappa shape index (κ3) is 4.89. The molecule has 0 amide bonds. The molecule has 0 spiro atoms. The fourth-order valence-corrected chi connectivity index (χ4v) is 19.6. The van der Waals surface area contributed by atoms with Crippen molar-refractivity contribution in [1.82, 2.24) is 0 Å². The zero-order valence-corrected chi connectivity index (χ0v) is 35.7. The van der Waals surface area contributed by atoms with Crippen LogP contribution in [-0.4, -0.2) is 29.8 Å². The molecule has 0 radical (unpaired) electrons. The molecule has 12 aliphatic rings. The van der Waals surface area contributed by atoms with E-state index in [9.17, 15) is 19.2 Å². The van der Waals surface area contributed by atoms with Gasteiger partial charge in [-0.3, -0.25) is 14.4 Å². The van der Waals surface area contributed by atoms with Gasteiger partial charge >= 0.3 is 29.8 Å². The van der Waals surface area contributed by atoms with Crippen molar-refractivity contribution in [3.63, 3.8) is 0 Å². The molecule has 12 rings (SSSR count). The van der Waals surface area contributed by atoms with Crippen LogP contribution < -0.4 is 0 Å². The average Bonchev–Trinajstić information content (AvgIpc) is 4.10. The van der Waals surface area contributed by atoms with Crippen molar-refractivity contribution in [3.05, 3.63) is 48.3 Å². The highest BCUT2D eigenvalue weighted by molar-refractivity contribution is 6.04. The molecular weight excluding hydrogens is 753 g/mol. The molecule has 19 atom stereocenters. The Balaban J connectivity index is 0.853. The topological polar surface area (TPSA) is 113 Å². The minimum atomic E-state index is -1.14. The molecule has 19 unspecified atom stereocenters. The van der Waals surface area contributed by atoms with Crippen molar-refractivity contribution in [1.29, 1.82) is 0 Å². The Labute approximate surface area is 355 Å². The average molecular weight is 817 g/mol. The van der Waals surface area contributed by atoms with Gasteiger partial charge in [-0.1, -0.05) is 63.1 Å². The molecule has 9 saturated carbocycles. The number of rotatable bonds is 10. The van der Waals surface area contributed by atoms with E-state index in [4.69, 9.17) is 14.2 Å². The second kappa shape index (κ2) is 13.4. The summed E-state index contributed by atoms with van der Waals surface area (Å²) in [5, 5.41) is 0. The van der Waals surface area contributed by atoms with Gasteiger partial charge in [-0.15, -0.1) is 0 Å². The van der Waals surface area contributed by atoms with Gasteiger partial charge in [-0.25, -0.2) is 9.59 Å². The second-order valence-electron chi connectivity index (χ2n) is 22.7. The highest BCUT2D eigenvalue weighted by Gasteiger charge is 2.75. The molecule has 320 valence electrons. The lowest BCUT2D eigenvalue weighted by Gasteiger charge is -2.55. The van der Waals surface area contributed by atoms with Gasteiger partial charge < -0.3 is 14.2 Å². The van der Waals surface area contributed by atoms with E-state index in [0.29, 0.717) is 54.8 Å². The second-order valence-corrected chi connectivity index (χ2v) is 22.7. The van der Waals surface area contributed by atoms with Crippen molar-refractivity contribution < 1.29 is 38.2 Å². The highest BCUT2D eigenvalue weighted by atomic mass is 16.6. The van der Waals surface area contributed by atoms with E-state index in [1.807, 2.05) is 6.08 Å². The summed E-state index contributed by atoms with van der Waals surface area (Å²) in [4.78, 5) is 72.8. The summed E-state index contributed by atoms with van der Waals surface area (Å²) in [6.07, 6.45) is 32.0. The third-order valence-corrected chi connectivity index (χ3v) is 21.4. The Bertz CT molecular complexity index is 2040. The maximum Gasteiger partial charge on any atom is 0.382 e. The Morgan fingerprint density at radius 1 is 0.567 bits per heavy atom. The SMILES string of the molecule is CCC1(C2(C(=O)OC(=O)/C=C(\OC(=O)C3CC4C=CC3C4)C(=O)OC(=O)C3(C4(CC)CC5CC4C4CCCC54)CC4C=CC3C4)CC3C=CC2C3)CC2CC1C1CCCC21. The molecule has 0 aromatic heterocycles. The lowest BCUT2D eigenvalue weighted by atomic mass is 9.48. The van der Waals surface area contributed by atoms with Gasteiger partial charge in [-0.05, 0) is 196 Å². The lowest BCUT2D eigenvalue weighted by molar-refractivity contribution is -0.185. The zero-order chi connectivity index (χ0) is 40.9. The fraction of sp³-hybridized carbons (Fsp3) is 0.750. The first-order valence-electron chi connectivity index (χ1n) is 24.5. The first-order valence-corrected chi connectivity index (χ1v) is 24.5. The van der Waals surface area contributed by atoms with Crippen molar-refractivity contribution >= 4 is 29.8 Å². The molecule has 0 aliphatic heterocycles. The molecule has 12 aliphatic carbocycles. The molecule has 60 heavy (non-hydrogen) atoms. The fourth-order valence-electron chi connectivity index (χ4n) is 19.6. The largest absolute Gasteiger partial charge is 0.418 e. The van der Waals surface area contributed by atoms with Crippen LogP contribution in [0.1, 0.15) is 129 Å². The number of hydrogen-bond donors (Lipinski definition) is 0. The van der Waals surface area contributed by atoms with Gasteiger partial charge in [-0.2, -0.15) is 0 Å². The van der Waals surface area contributed by atoms with Gasteiger partial charge in [0.1, 0.15) is 0 Å². The lowest BCUT2D eigenvalue weighted by Crippen LogP contribution is -2.56. The number of fused-ring (bicyclic) bond motifs is 16. The molecule has 10 bridgehead atoms. The summed E-state index contributed by atoms with van der Waals surface area (Å²) >= 11 is 0. The Hall–Kier alpha value is -3.29. The Morgan fingerprint density at radius 2 is 1.10 bits per heavy atom. The molecule has 8 heteroatoms. The Morgan fingerprint density at radius 3 is 1.57 bits per heavy atom. The maximum absolute atomic E-state index is 15.1. The van der Waals surface area contributed by atoms with Crippen LogP contribution in [0.2, 0.25) is 0 Å². The third-order valence-electron chi connectivity index (χ3n) is 21.4. The first-order chi connectivity index (χ1) is 29.0. The van der Waals surface area contributed by atoms with Crippen LogP contribution in [0, 0.1) is 110 Å². The van der Waals surface area contributed by atoms with E-state index in [1.165, 1.54) is 38.5 Å². The zero-order valence-electron chi connectivity index (χ0n) is 35.7. The monoisotopic (exact) mass is 816 g/mol. The summed E-state index contributed by atoms with van der Waals surface area (Å²) < 4.78 is 17.9. The van der Waals surface area contributed by atoms with E-state index in [0.717, 1.165) is 75.7 Å². The van der Waals surface area contributed by atoms with Crippen LogP contribution in [0.4, 0.5) is 0 Å². The number of ether oxygens (including phenoxy) is 3. The van der Waals surface area contributed by atoms with Gasteiger partial charge in [0.05, 0.1) is 22.8 Å². The minimum Gasteiger partial charge on any atom is -0.418 e.